The van der Waals surface area contributed by atoms with Crippen LogP contribution >= 0.6 is 0 Å². The first-order valence-electron chi connectivity index (χ1n) is 3.63. The van der Waals surface area contributed by atoms with Gasteiger partial charge in [-0.1, -0.05) is 0 Å². The Morgan fingerprint density at radius 3 is 2.55 bits per heavy atom. The van der Waals surface area contributed by atoms with Gasteiger partial charge in [0.1, 0.15) is 0 Å². The van der Waals surface area contributed by atoms with E-state index < -0.39 is 0 Å². The molecule has 0 aromatic rings. The molecule has 0 heterocycles. The molecular formula is C7H16N2O2. The number of rotatable bonds is 5. The third-order valence-corrected chi connectivity index (χ3v) is 1.54. The summed E-state index contributed by atoms with van der Waals surface area (Å²) in [7, 11) is 1.63. The normalized spacial score (nSPS) is 15.9. The maximum absolute atomic E-state index is 10.5. The predicted molar refractivity (Wildman–Crippen MR) is 43.1 cm³/mol. The van der Waals surface area contributed by atoms with E-state index in [0.29, 0.717) is 6.54 Å². The van der Waals surface area contributed by atoms with Crippen molar-refractivity contribution < 1.29 is 9.53 Å². The van der Waals surface area contributed by atoms with E-state index in [9.17, 15) is 4.79 Å². The van der Waals surface area contributed by atoms with Crippen LogP contribution in [0.4, 0.5) is 0 Å². The molecule has 2 unspecified atom stereocenters. The fraction of sp³-hybridized carbons (Fsp3) is 0.857. The maximum atomic E-state index is 10.5. The Labute approximate surface area is 67.1 Å². The molecule has 0 aliphatic rings. The number of carbonyl (C=O) groups is 1. The Balaban J connectivity index is 3.45. The zero-order valence-corrected chi connectivity index (χ0v) is 7.26. The van der Waals surface area contributed by atoms with Crippen LogP contribution < -0.4 is 11.1 Å². The number of ether oxygens (including phenoxy) is 1. The van der Waals surface area contributed by atoms with E-state index in [4.69, 9.17) is 10.5 Å². The average Bonchev–Trinajstić information content (AvgIpc) is 1.99. The Hall–Kier alpha value is -0.610. The number of hydrogen-bond acceptors (Lipinski definition) is 3. The number of nitrogens with two attached hydrogens (primary N) is 1. The Kier molecular flexibility index (Phi) is 4.81. The SMILES string of the molecule is COC(C)CNC(C)C(N)=O. The van der Waals surface area contributed by atoms with Gasteiger partial charge in [-0.25, -0.2) is 0 Å². The summed E-state index contributed by atoms with van der Waals surface area (Å²) >= 11 is 0. The van der Waals surface area contributed by atoms with Crippen molar-refractivity contribution in [2.75, 3.05) is 13.7 Å². The van der Waals surface area contributed by atoms with Crippen molar-refractivity contribution in [2.24, 2.45) is 5.73 Å². The minimum absolute atomic E-state index is 0.108. The highest BCUT2D eigenvalue weighted by atomic mass is 16.5. The zero-order chi connectivity index (χ0) is 8.85. The number of methoxy groups -OCH3 is 1. The van der Waals surface area contributed by atoms with Gasteiger partial charge in [0.15, 0.2) is 0 Å². The fourth-order valence-corrected chi connectivity index (χ4v) is 0.527. The lowest BCUT2D eigenvalue weighted by Gasteiger charge is -2.13. The summed E-state index contributed by atoms with van der Waals surface area (Å²) in [6.45, 7) is 4.28. The van der Waals surface area contributed by atoms with Crippen molar-refractivity contribution >= 4 is 5.91 Å². The van der Waals surface area contributed by atoms with E-state index in [0.717, 1.165) is 0 Å². The van der Waals surface area contributed by atoms with Gasteiger partial charge >= 0.3 is 0 Å². The summed E-state index contributed by atoms with van der Waals surface area (Å²) in [4.78, 5) is 10.5. The molecule has 3 N–H and O–H groups in total. The number of amides is 1. The Bertz CT molecular complexity index is 128. The van der Waals surface area contributed by atoms with Crippen LogP contribution in [0.15, 0.2) is 0 Å². The van der Waals surface area contributed by atoms with Crippen molar-refractivity contribution in [2.45, 2.75) is 26.0 Å². The smallest absolute Gasteiger partial charge is 0.234 e. The van der Waals surface area contributed by atoms with Crippen LogP contribution in [0.2, 0.25) is 0 Å². The fourth-order valence-electron chi connectivity index (χ4n) is 0.527. The molecular weight excluding hydrogens is 144 g/mol. The second-order valence-electron chi connectivity index (χ2n) is 2.58. The Morgan fingerprint density at radius 1 is 1.64 bits per heavy atom. The van der Waals surface area contributed by atoms with Crippen molar-refractivity contribution in [3.63, 3.8) is 0 Å². The molecule has 0 bridgehead atoms. The number of primary amides is 1. The quantitative estimate of drug-likeness (QED) is 0.569. The lowest BCUT2D eigenvalue weighted by atomic mass is 10.3. The van der Waals surface area contributed by atoms with E-state index in [1.165, 1.54) is 0 Å². The van der Waals surface area contributed by atoms with Crippen LogP contribution in [0.5, 0.6) is 0 Å². The molecule has 0 radical (unpaired) electrons. The number of carbonyl (C=O) groups excluding carboxylic acids is 1. The van der Waals surface area contributed by atoms with Crippen molar-refractivity contribution in [3.8, 4) is 0 Å². The third kappa shape index (κ3) is 4.75. The monoisotopic (exact) mass is 160 g/mol. The van der Waals surface area contributed by atoms with E-state index in [-0.39, 0.29) is 18.1 Å². The third-order valence-electron chi connectivity index (χ3n) is 1.54. The standard InChI is InChI=1S/C7H16N2O2/c1-5(11-3)4-9-6(2)7(8)10/h5-6,9H,4H2,1-3H3,(H2,8,10). The lowest BCUT2D eigenvalue weighted by Crippen LogP contribution is -2.42. The topological polar surface area (TPSA) is 64.3 Å². The largest absolute Gasteiger partial charge is 0.380 e. The predicted octanol–water partition coefficient (Wildman–Crippen LogP) is -0.515. The highest BCUT2D eigenvalue weighted by Crippen LogP contribution is 1.86. The molecule has 0 rings (SSSR count). The molecule has 0 aliphatic carbocycles. The summed E-state index contributed by atoms with van der Waals surface area (Å²) in [5, 5.41) is 2.93. The van der Waals surface area contributed by atoms with Crippen molar-refractivity contribution in [3.05, 3.63) is 0 Å². The van der Waals surface area contributed by atoms with Gasteiger partial charge < -0.3 is 15.8 Å². The van der Waals surface area contributed by atoms with E-state index in [1.54, 1.807) is 14.0 Å². The summed E-state index contributed by atoms with van der Waals surface area (Å²) < 4.78 is 4.97. The van der Waals surface area contributed by atoms with Gasteiger partial charge in [0.05, 0.1) is 12.1 Å². The van der Waals surface area contributed by atoms with Crippen LogP contribution in [0.1, 0.15) is 13.8 Å². The average molecular weight is 160 g/mol. The molecule has 2 atom stereocenters. The summed E-state index contributed by atoms with van der Waals surface area (Å²) in [5.74, 6) is -0.340. The van der Waals surface area contributed by atoms with Gasteiger partial charge in [-0.2, -0.15) is 0 Å². The van der Waals surface area contributed by atoms with Gasteiger partial charge in [0.25, 0.3) is 0 Å². The lowest BCUT2D eigenvalue weighted by molar-refractivity contribution is -0.119. The zero-order valence-electron chi connectivity index (χ0n) is 7.26. The molecule has 66 valence electrons. The molecule has 4 nitrogen and oxygen atoms in total. The van der Waals surface area contributed by atoms with Crippen LogP contribution in [0.3, 0.4) is 0 Å². The molecule has 0 aliphatic heterocycles. The molecule has 0 saturated carbocycles. The van der Waals surface area contributed by atoms with Crippen LogP contribution in [-0.2, 0) is 9.53 Å². The summed E-state index contributed by atoms with van der Waals surface area (Å²) in [6, 6.07) is -0.285. The van der Waals surface area contributed by atoms with Gasteiger partial charge in [-0.3, -0.25) is 4.79 Å². The van der Waals surface area contributed by atoms with Crippen LogP contribution in [-0.4, -0.2) is 31.7 Å². The van der Waals surface area contributed by atoms with Crippen LogP contribution in [0.25, 0.3) is 0 Å². The van der Waals surface area contributed by atoms with E-state index in [1.807, 2.05) is 6.92 Å². The first kappa shape index (κ1) is 10.4. The molecule has 0 aromatic carbocycles. The second-order valence-corrected chi connectivity index (χ2v) is 2.58. The number of hydrogen-bond donors (Lipinski definition) is 2. The molecule has 0 aromatic heterocycles. The van der Waals surface area contributed by atoms with Crippen molar-refractivity contribution in [1.82, 2.24) is 5.32 Å². The molecule has 0 spiro atoms. The van der Waals surface area contributed by atoms with Gasteiger partial charge in [-0.05, 0) is 13.8 Å². The van der Waals surface area contributed by atoms with Gasteiger partial charge in [-0.15, -0.1) is 0 Å². The van der Waals surface area contributed by atoms with Gasteiger partial charge in [0.2, 0.25) is 5.91 Å². The first-order chi connectivity index (χ1) is 5.07. The van der Waals surface area contributed by atoms with Crippen LogP contribution in [0, 0.1) is 0 Å². The maximum Gasteiger partial charge on any atom is 0.234 e. The molecule has 11 heavy (non-hydrogen) atoms. The first-order valence-corrected chi connectivity index (χ1v) is 3.63. The second kappa shape index (κ2) is 5.09. The molecule has 0 fully saturated rings. The minimum atomic E-state index is -0.340. The highest BCUT2D eigenvalue weighted by Gasteiger charge is 2.08. The van der Waals surface area contributed by atoms with Crippen molar-refractivity contribution in [1.29, 1.82) is 0 Å². The van der Waals surface area contributed by atoms with E-state index in [2.05, 4.69) is 5.32 Å². The van der Waals surface area contributed by atoms with Gasteiger partial charge in [0, 0.05) is 13.7 Å². The summed E-state index contributed by atoms with van der Waals surface area (Å²) in [6.07, 6.45) is 0.108. The minimum Gasteiger partial charge on any atom is -0.380 e. The molecule has 4 heteroatoms. The Morgan fingerprint density at radius 2 is 2.18 bits per heavy atom. The summed E-state index contributed by atoms with van der Waals surface area (Å²) in [5.41, 5.74) is 5.02. The number of nitrogens with one attached hydrogen (secondary N) is 1. The van der Waals surface area contributed by atoms with E-state index >= 15 is 0 Å². The highest BCUT2D eigenvalue weighted by molar-refractivity contribution is 5.79. The molecule has 1 amide bonds. The molecule has 0 saturated heterocycles.